The van der Waals surface area contributed by atoms with Crippen molar-refractivity contribution < 1.29 is 14.3 Å². The van der Waals surface area contributed by atoms with E-state index in [1.165, 1.54) is 11.3 Å². The van der Waals surface area contributed by atoms with Crippen molar-refractivity contribution in [2.45, 2.75) is 45.1 Å². The van der Waals surface area contributed by atoms with E-state index in [0.717, 1.165) is 53.0 Å². The molecule has 4 rings (SSSR count). The second-order valence-corrected chi connectivity index (χ2v) is 8.83. The number of hydrogen-bond donors (Lipinski definition) is 1. The number of Topliss-reactive ketones (excluding diaryl/α,β-unsaturated/α-hetero) is 1. The topological polar surface area (TPSA) is 55.4 Å². The number of rotatable bonds is 5. The summed E-state index contributed by atoms with van der Waals surface area (Å²) in [6, 6.07) is 7.77. The molecule has 1 fully saturated rings. The van der Waals surface area contributed by atoms with Crippen LogP contribution >= 0.6 is 22.9 Å². The third kappa shape index (κ3) is 3.90. The molecule has 2 heterocycles. The van der Waals surface area contributed by atoms with Crippen LogP contribution in [0.4, 0.5) is 0 Å². The van der Waals surface area contributed by atoms with Crippen molar-refractivity contribution in [3.05, 3.63) is 39.7 Å². The van der Waals surface area contributed by atoms with Gasteiger partial charge in [0.2, 0.25) is 5.91 Å². The summed E-state index contributed by atoms with van der Waals surface area (Å²) in [6.07, 6.45) is 4.92. The molecule has 0 saturated heterocycles. The lowest BCUT2D eigenvalue weighted by atomic mass is 10.0. The van der Waals surface area contributed by atoms with E-state index in [4.69, 9.17) is 16.3 Å². The average molecular weight is 404 g/mol. The van der Waals surface area contributed by atoms with Gasteiger partial charge in [-0.3, -0.25) is 9.59 Å². The van der Waals surface area contributed by atoms with E-state index >= 15 is 0 Å². The van der Waals surface area contributed by atoms with Gasteiger partial charge in [-0.2, -0.15) is 0 Å². The second kappa shape index (κ2) is 7.64. The highest BCUT2D eigenvalue weighted by molar-refractivity contribution is 7.17. The molecule has 0 spiro atoms. The lowest BCUT2D eigenvalue weighted by Gasteiger charge is -2.14. The molecule has 4 nitrogen and oxygen atoms in total. The minimum atomic E-state index is -0.0887. The standard InChI is InChI=1S/C21H22ClNO3S/c1-12(24)18-6-7-19(27-18)14-8-15-9-16(26-20(15)17(22)10-14)11-23-21(25)13-4-2-3-5-13/h6-8,10,13,16H,2-5,9,11H2,1H3,(H,23,25). The number of halogens is 1. The van der Waals surface area contributed by atoms with Gasteiger partial charge < -0.3 is 10.1 Å². The Morgan fingerprint density at radius 2 is 2.04 bits per heavy atom. The highest BCUT2D eigenvalue weighted by atomic mass is 35.5. The maximum Gasteiger partial charge on any atom is 0.223 e. The lowest BCUT2D eigenvalue weighted by molar-refractivity contribution is -0.125. The Bertz CT molecular complexity index is 886. The van der Waals surface area contributed by atoms with E-state index in [1.54, 1.807) is 6.92 Å². The van der Waals surface area contributed by atoms with Crippen LogP contribution in [0.5, 0.6) is 5.75 Å². The number of fused-ring (bicyclic) bond motifs is 1. The molecule has 2 aromatic rings. The Balaban J connectivity index is 1.44. The quantitative estimate of drug-likeness (QED) is 0.724. The van der Waals surface area contributed by atoms with Crippen LogP contribution < -0.4 is 10.1 Å². The number of ether oxygens (including phenoxy) is 1. The summed E-state index contributed by atoms with van der Waals surface area (Å²) in [5.41, 5.74) is 2.05. The zero-order chi connectivity index (χ0) is 19.0. The predicted octanol–water partition coefficient (Wildman–Crippen LogP) is 4.88. The number of hydrogen-bond acceptors (Lipinski definition) is 4. The van der Waals surface area contributed by atoms with Crippen molar-refractivity contribution in [1.29, 1.82) is 0 Å². The fraction of sp³-hybridized carbons (Fsp3) is 0.429. The number of amides is 1. The van der Waals surface area contributed by atoms with Crippen LogP contribution in [0, 0.1) is 5.92 Å². The summed E-state index contributed by atoms with van der Waals surface area (Å²) >= 11 is 7.92. The summed E-state index contributed by atoms with van der Waals surface area (Å²) in [7, 11) is 0. The van der Waals surface area contributed by atoms with E-state index in [-0.39, 0.29) is 23.7 Å². The van der Waals surface area contributed by atoms with Gasteiger partial charge in [-0.1, -0.05) is 24.4 Å². The predicted molar refractivity (Wildman–Crippen MR) is 108 cm³/mol. The number of carbonyl (C=O) groups excluding carboxylic acids is 2. The van der Waals surface area contributed by atoms with E-state index < -0.39 is 0 Å². The minimum absolute atomic E-state index is 0.0694. The fourth-order valence-electron chi connectivity index (χ4n) is 3.87. The molecule has 1 amide bonds. The smallest absolute Gasteiger partial charge is 0.223 e. The first-order chi connectivity index (χ1) is 13.0. The van der Waals surface area contributed by atoms with E-state index in [9.17, 15) is 9.59 Å². The first kappa shape index (κ1) is 18.5. The van der Waals surface area contributed by atoms with Gasteiger partial charge in [0.1, 0.15) is 11.9 Å². The van der Waals surface area contributed by atoms with Crippen LogP contribution in [0.3, 0.4) is 0 Å². The number of thiophene rings is 1. The van der Waals surface area contributed by atoms with Crippen LogP contribution in [0.15, 0.2) is 24.3 Å². The summed E-state index contributed by atoms with van der Waals surface area (Å²) in [4.78, 5) is 25.5. The number of carbonyl (C=O) groups is 2. The van der Waals surface area contributed by atoms with Gasteiger partial charge in [-0.25, -0.2) is 0 Å². The molecule has 27 heavy (non-hydrogen) atoms. The molecule has 0 bridgehead atoms. The molecule has 1 aliphatic carbocycles. The summed E-state index contributed by atoms with van der Waals surface area (Å²) in [5, 5.41) is 3.61. The molecule has 142 valence electrons. The molecule has 1 N–H and O–H groups in total. The first-order valence-electron chi connectivity index (χ1n) is 9.39. The van der Waals surface area contributed by atoms with Gasteiger partial charge in [0.25, 0.3) is 0 Å². The maximum absolute atomic E-state index is 12.2. The Kier molecular flexibility index (Phi) is 5.24. The van der Waals surface area contributed by atoms with Gasteiger partial charge in [-0.15, -0.1) is 11.3 Å². The van der Waals surface area contributed by atoms with Gasteiger partial charge in [-0.05, 0) is 49.6 Å². The van der Waals surface area contributed by atoms with Gasteiger partial charge in [0.15, 0.2) is 5.78 Å². The fourth-order valence-corrected chi connectivity index (χ4v) is 5.04. The van der Waals surface area contributed by atoms with Crippen molar-refractivity contribution in [3.63, 3.8) is 0 Å². The van der Waals surface area contributed by atoms with Crippen molar-refractivity contribution in [2.75, 3.05) is 6.54 Å². The second-order valence-electron chi connectivity index (χ2n) is 7.34. The van der Waals surface area contributed by atoms with E-state index in [2.05, 4.69) is 11.4 Å². The lowest BCUT2D eigenvalue weighted by Crippen LogP contribution is -2.37. The molecule has 0 radical (unpaired) electrons. The highest BCUT2D eigenvalue weighted by Gasteiger charge is 2.28. The third-order valence-corrected chi connectivity index (χ3v) is 6.84. The number of benzene rings is 1. The molecular formula is C21H22ClNO3S. The van der Waals surface area contributed by atoms with Gasteiger partial charge in [0.05, 0.1) is 16.4 Å². The van der Waals surface area contributed by atoms with Crippen LogP contribution in [0.2, 0.25) is 5.02 Å². The molecule has 1 aromatic carbocycles. The molecule has 1 atom stereocenters. The summed E-state index contributed by atoms with van der Waals surface area (Å²) in [5.74, 6) is 1.09. The highest BCUT2D eigenvalue weighted by Crippen LogP contribution is 2.41. The van der Waals surface area contributed by atoms with E-state index in [1.807, 2.05) is 18.2 Å². The molecule has 2 aliphatic rings. The monoisotopic (exact) mass is 403 g/mol. The number of ketones is 1. The molecule has 1 aliphatic heterocycles. The zero-order valence-corrected chi connectivity index (χ0v) is 16.8. The molecule has 1 saturated carbocycles. The van der Waals surface area contributed by atoms with Crippen LogP contribution in [0.25, 0.3) is 10.4 Å². The summed E-state index contributed by atoms with van der Waals surface area (Å²) < 4.78 is 5.99. The van der Waals surface area contributed by atoms with Crippen molar-refractivity contribution in [2.24, 2.45) is 5.92 Å². The SMILES string of the molecule is CC(=O)c1ccc(-c2cc(Cl)c3c(c2)CC(CNC(=O)C2CCCC2)O3)s1. The van der Waals surface area contributed by atoms with Crippen LogP contribution in [-0.4, -0.2) is 24.3 Å². The average Bonchev–Trinajstić information content (AvgIpc) is 3.39. The minimum Gasteiger partial charge on any atom is -0.486 e. The Morgan fingerprint density at radius 3 is 2.74 bits per heavy atom. The maximum atomic E-state index is 12.2. The third-order valence-electron chi connectivity index (χ3n) is 5.32. The Morgan fingerprint density at radius 1 is 1.26 bits per heavy atom. The zero-order valence-electron chi connectivity index (χ0n) is 15.2. The van der Waals surface area contributed by atoms with Crippen molar-refractivity contribution in [1.82, 2.24) is 5.32 Å². The normalized spacial score (nSPS) is 19.0. The van der Waals surface area contributed by atoms with E-state index in [0.29, 0.717) is 17.3 Å². The molecule has 1 aromatic heterocycles. The van der Waals surface area contributed by atoms with Crippen molar-refractivity contribution in [3.8, 4) is 16.2 Å². The molecule has 6 heteroatoms. The Labute approximate surface area is 167 Å². The summed E-state index contributed by atoms with van der Waals surface area (Å²) in [6.45, 7) is 2.08. The molecule has 1 unspecified atom stereocenters. The van der Waals surface area contributed by atoms with Gasteiger partial charge >= 0.3 is 0 Å². The molecular weight excluding hydrogens is 382 g/mol. The van der Waals surface area contributed by atoms with Gasteiger partial charge in [0, 0.05) is 22.8 Å². The van der Waals surface area contributed by atoms with Crippen LogP contribution in [0.1, 0.15) is 47.8 Å². The Hall–Kier alpha value is -1.85. The van der Waals surface area contributed by atoms with Crippen LogP contribution in [-0.2, 0) is 11.2 Å². The van der Waals surface area contributed by atoms with Crippen molar-refractivity contribution >= 4 is 34.6 Å². The number of nitrogens with one attached hydrogen (secondary N) is 1. The largest absolute Gasteiger partial charge is 0.486 e. The first-order valence-corrected chi connectivity index (χ1v) is 10.6.